The van der Waals surface area contributed by atoms with Crippen LogP contribution >= 0.6 is 0 Å². The summed E-state index contributed by atoms with van der Waals surface area (Å²) in [5.74, 6) is 0.688. The summed E-state index contributed by atoms with van der Waals surface area (Å²) < 4.78 is 23.7. The maximum absolute atomic E-state index is 13.3. The predicted molar refractivity (Wildman–Crippen MR) is 107 cm³/mol. The van der Waals surface area contributed by atoms with E-state index >= 15 is 0 Å². The number of nitrogens with zero attached hydrogens (tertiary/aromatic N) is 2. The van der Waals surface area contributed by atoms with Crippen LogP contribution < -0.4 is 30.2 Å². The fraction of sp³-hybridized carbons (Fsp3) is 0.333. The van der Waals surface area contributed by atoms with Gasteiger partial charge in [0.25, 0.3) is 5.56 Å². The number of fused-ring (bicyclic) bond motifs is 1. The van der Waals surface area contributed by atoms with Gasteiger partial charge in [-0.3, -0.25) is 4.79 Å². The second kappa shape index (κ2) is 7.80. The number of methoxy groups -OCH3 is 3. The molecule has 0 radical (unpaired) electrons. The summed E-state index contributed by atoms with van der Waals surface area (Å²) >= 11 is 0. The lowest BCUT2D eigenvalue weighted by atomic mass is 9.83. The monoisotopic (exact) mass is 397 g/mol. The van der Waals surface area contributed by atoms with Crippen molar-refractivity contribution in [2.24, 2.45) is 5.73 Å². The van der Waals surface area contributed by atoms with Crippen molar-refractivity contribution in [2.75, 3.05) is 21.3 Å². The fourth-order valence-electron chi connectivity index (χ4n) is 3.74. The lowest BCUT2D eigenvalue weighted by Crippen LogP contribution is -2.32. The lowest BCUT2D eigenvalue weighted by Gasteiger charge is -2.28. The van der Waals surface area contributed by atoms with Crippen LogP contribution in [-0.2, 0) is 6.54 Å². The van der Waals surface area contributed by atoms with Crippen LogP contribution in [0.25, 0.3) is 0 Å². The highest BCUT2D eigenvalue weighted by molar-refractivity contribution is 5.64. The largest absolute Gasteiger partial charge is 0.493 e. The zero-order valence-electron chi connectivity index (χ0n) is 17.0. The van der Waals surface area contributed by atoms with Gasteiger partial charge in [-0.25, -0.2) is 0 Å². The third-order valence-corrected chi connectivity index (χ3v) is 5.05. The first-order valence-corrected chi connectivity index (χ1v) is 9.04. The molecule has 1 aliphatic heterocycles. The molecule has 0 spiro atoms. The van der Waals surface area contributed by atoms with Gasteiger partial charge in [-0.1, -0.05) is 6.07 Å². The maximum Gasteiger partial charge on any atom is 0.258 e. The van der Waals surface area contributed by atoms with E-state index in [-0.39, 0.29) is 17.0 Å². The van der Waals surface area contributed by atoms with Crippen LogP contribution in [0.2, 0.25) is 0 Å². The zero-order valence-corrected chi connectivity index (χ0v) is 17.0. The smallest absolute Gasteiger partial charge is 0.258 e. The standard InChI is InChI=1S/C21H23N3O5/c1-6-24-11(2)9-15-17(21(24)25)16(13(10-22)20(23)29-15)12-7-8-14(26-3)19(28-5)18(12)27-4/h7-9,16H,6,23H2,1-5H3/t16-/m1/s1. The Balaban J connectivity index is 2.41. The van der Waals surface area contributed by atoms with Crippen molar-refractivity contribution in [1.29, 1.82) is 5.26 Å². The molecule has 1 aromatic heterocycles. The molecule has 1 aliphatic rings. The Labute approximate surface area is 168 Å². The summed E-state index contributed by atoms with van der Waals surface area (Å²) in [6.07, 6.45) is 0. The average molecular weight is 397 g/mol. The highest BCUT2D eigenvalue weighted by Crippen LogP contribution is 2.48. The first-order valence-electron chi connectivity index (χ1n) is 9.04. The van der Waals surface area contributed by atoms with E-state index in [0.717, 1.165) is 5.69 Å². The molecule has 8 heteroatoms. The number of benzene rings is 1. The van der Waals surface area contributed by atoms with E-state index < -0.39 is 5.92 Å². The van der Waals surface area contributed by atoms with Crippen molar-refractivity contribution < 1.29 is 18.9 Å². The van der Waals surface area contributed by atoms with Gasteiger partial charge in [0.15, 0.2) is 11.5 Å². The number of aromatic nitrogens is 1. The number of nitriles is 1. The fourth-order valence-corrected chi connectivity index (χ4v) is 3.74. The Morgan fingerprint density at radius 2 is 1.90 bits per heavy atom. The molecule has 0 amide bonds. The summed E-state index contributed by atoms with van der Waals surface area (Å²) in [6.45, 7) is 4.18. The zero-order chi connectivity index (χ0) is 21.3. The molecule has 2 N–H and O–H groups in total. The van der Waals surface area contributed by atoms with E-state index in [9.17, 15) is 10.1 Å². The van der Waals surface area contributed by atoms with Crippen LogP contribution in [0.5, 0.6) is 23.0 Å². The van der Waals surface area contributed by atoms with Gasteiger partial charge in [-0.05, 0) is 19.9 Å². The Morgan fingerprint density at radius 3 is 2.45 bits per heavy atom. The highest BCUT2D eigenvalue weighted by atomic mass is 16.5. The highest BCUT2D eigenvalue weighted by Gasteiger charge is 2.37. The van der Waals surface area contributed by atoms with Crippen LogP contribution in [0.3, 0.4) is 0 Å². The number of nitrogens with two attached hydrogens (primary N) is 1. The molecule has 0 bridgehead atoms. The summed E-state index contributed by atoms with van der Waals surface area (Å²) in [5.41, 5.74) is 7.56. The van der Waals surface area contributed by atoms with E-state index in [1.807, 2.05) is 13.8 Å². The molecule has 0 aliphatic carbocycles. The molecule has 8 nitrogen and oxygen atoms in total. The van der Waals surface area contributed by atoms with Gasteiger partial charge in [-0.2, -0.15) is 5.26 Å². The average Bonchev–Trinajstić information content (AvgIpc) is 2.71. The normalized spacial score (nSPS) is 15.2. The van der Waals surface area contributed by atoms with Gasteiger partial charge in [0.1, 0.15) is 17.4 Å². The topological polar surface area (TPSA) is 109 Å². The van der Waals surface area contributed by atoms with E-state index in [1.165, 1.54) is 21.3 Å². The Hall–Kier alpha value is -3.60. The van der Waals surface area contributed by atoms with Gasteiger partial charge in [-0.15, -0.1) is 0 Å². The molecule has 1 aromatic carbocycles. The molecule has 3 rings (SSSR count). The SMILES string of the molecule is CCn1c(C)cc2c(c1=O)[C@H](c1ccc(OC)c(OC)c1OC)C(C#N)=C(N)O2. The third-order valence-electron chi connectivity index (χ3n) is 5.05. The van der Waals surface area contributed by atoms with Gasteiger partial charge in [0.2, 0.25) is 11.6 Å². The van der Waals surface area contributed by atoms with Crippen molar-refractivity contribution in [3.8, 4) is 29.1 Å². The van der Waals surface area contributed by atoms with Gasteiger partial charge in [0, 0.05) is 23.9 Å². The van der Waals surface area contributed by atoms with Crippen molar-refractivity contribution in [1.82, 2.24) is 4.57 Å². The second-order valence-corrected chi connectivity index (χ2v) is 6.46. The van der Waals surface area contributed by atoms with Crippen LogP contribution in [0.1, 0.15) is 29.7 Å². The van der Waals surface area contributed by atoms with Crippen LogP contribution in [0.4, 0.5) is 0 Å². The predicted octanol–water partition coefficient (Wildman–Crippen LogP) is 2.42. The molecule has 0 fully saturated rings. The minimum Gasteiger partial charge on any atom is -0.493 e. The van der Waals surface area contributed by atoms with E-state index in [1.54, 1.807) is 22.8 Å². The number of hydrogen-bond acceptors (Lipinski definition) is 7. The number of aryl methyl sites for hydroxylation is 1. The Morgan fingerprint density at radius 1 is 1.21 bits per heavy atom. The Bertz CT molecular complexity index is 1090. The number of ether oxygens (including phenoxy) is 4. The van der Waals surface area contributed by atoms with Crippen molar-refractivity contribution in [3.63, 3.8) is 0 Å². The second-order valence-electron chi connectivity index (χ2n) is 6.46. The first-order chi connectivity index (χ1) is 13.9. The maximum atomic E-state index is 13.3. The molecule has 2 heterocycles. The van der Waals surface area contributed by atoms with Crippen molar-refractivity contribution >= 4 is 0 Å². The summed E-state index contributed by atoms with van der Waals surface area (Å²) in [6, 6.07) is 7.28. The third kappa shape index (κ3) is 3.05. The van der Waals surface area contributed by atoms with Crippen molar-refractivity contribution in [2.45, 2.75) is 26.3 Å². The van der Waals surface area contributed by atoms with Gasteiger partial charge < -0.3 is 29.2 Å². The molecule has 152 valence electrons. The molecule has 0 saturated heterocycles. The molecular formula is C21H23N3O5. The summed E-state index contributed by atoms with van der Waals surface area (Å²) in [7, 11) is 4.49. The Kier molecular flexibility index (Phi) is 5.41. The van der Waals surface area contributed by atoms with E-state index in [0.29, 0.717) is 40.7 Å². The van der Waals surface area contributed by atoms with Crippen LogP contribution in [0, 0.1) is 18.3 Å². The number of allylic oxidation sites excluding steroid dienone is 1. The molecule has 29 heavy (non-hydrogen) atoms. The number of rotatable bonds is 5. The quantitative estimate of drug-likeness (QED) is 0.825. The molecule has 2 aromatic rings. The minimum absolute atomic E-state index is 0.0464. The van der Waals surface area contributed by atoms with Crippen molar-refractivity contribution in [3.05, 3.63) is 56.8 Å². The summed E-state index contributed by atoms with van der Waals surface area (Å²) in [4.78, 5) is 13.3. The minimum atomic E-state index is -0.774. The number of pyridine rings is 1. The first kappa shape index (κ1) is 20.1. The molecule has 0 saturated carbocycles. The summed E-state index contributed by atoms with van der Waals surface area (Å²) in [5, 5.41) is 9.81. The lowest BCUT2D eigenvalue weighted by molar-refractivity contribution is 0.321. The van der Waals surface area contributed by atoms with E-state index in [4.69, 9.17) is 24.7 Å². The van der Waals surface area contributed by atoms with Crippen LogP contribution in [0.15, 0.2) is 34.4 Å². The van der Waals surface area contributed by atoms with Gasteiger partial charge >= 0.3 is 0 Å². The van der Waals surface area contributed by atoms with Gasteiger partial charge in [0.05, 0.1) is 32.8 Å². The number of hydrogen-bond donors (Lipinski definition) is 1. The van der Waals surface area contributed by atoms with Crippen LogP contribution in [-0.4, -0.2) is 25.9 Å². The molecule has 1 atom stereocenters. The van der Waals surface area contributed by atoms with E-state index in [2.05, 4.69) is 6.07 Å². The molecule has 0 unspecified atom stereocenters. The molecular weight excluding hydrogens is 374 g/mol.